The highest BCUT2D eigenvalue weighted by Crippen LogP contribution is 2.30. The molecule has 0 spiro atoms. The molecular weight excluding hydrogens is 290 g/mol. The first-order valence-electron chi connectivity index (χ1n) is 5.91. The Morgan fingerprint density at radius 3 is 3.10 bits per heavy atom. The molecule has 0 amide bonds. The molecule has 2 rings (SSSR count). The Bertz CT molecular complexity index is 677. The second kappa shape index (κ2) is 7.12. The van der Waals surface area contributed by atoms with Gasteiger partial charge in [-0.05, 0) is 12.1 Å². The maximum atomic E-state index is 8.63. The first-order chi connectivity index (χ1) is 10.2. The van der Waals surface area contributed by atoms with Gasteiger partial charge in [0.1, 0.15) is 11.9 Å². The number of nitrogens with one attached hydrogen (secondary N) is 1. The second-order valence-corrected chi connectivity index (χ2v) is 4.63. The van der Waals surface area contributed by atoms with Gasteiger partial charge in [0.05, 0.1) is 13.3 Å². The van der Waals surface area contributed by atoms with E-state index in [2.05, 4.69) is 15.5 Å². The molecule has 3 N–H and O–H groups in total. The molecule has 1 aromatic carbocycles. The molecule has 7 nitrogen and oxygen atoms in total. The third-order valence-electron chi connectivity index (χ3n) is 2.40. The van der Waals surface area contributed by atoms with Crippen molar-refractivity contribution >= 4 is 28.5 Å². The predicted molar refractivity (Wildman–Crippen MR) is 81.8 cm³/mol. The highest BCUT2D eigenvalue weighted by atomic mass is 32.1. The molecule has 0 aliphatic rings. The largest absolute Gasteiger partial charge is 0.493 e. The van der Waals surface area contributed by atoms with E-state index in [0.717, 1.165) is 0 Å². The van der Waals surface area contributed by atoms with Crippen molar-refractivity contribution in [3.63, 3.8) is 0 Å². The van der Waals surface area contributed by atoms with Gasteiger partial charge in [-0.1, -0.05) is 6.07 Å². The van der Waals surface area contributed by atoms with Gasteiger partial charge >= 0.3 is 0 Å². The number of methoxy groups -OCH3 is 1. The minimum Gasteiger partial charge on any atom is -0.493 e. The third kappa shape index (κ3) is 3.84. The number of thiazole rings is 1. The van der Waals surface area contributed by atoms with Crippen LogP contribution < -0.4 is 20.6 Å². The number of para-hydroxylation sites is 1. The lowest BCUT2D eigenvalue weighted by molar-refractivity contribution is 0.329. The Morgan fingerprint density at radius 2 is 2.43 bits per heavy atom. The van der Waals surface area contributed by atoms with E-state index in [-0.39, 0.29) is 6.61 Å². The minimum atomic E-state index is -0.0718. The Labute approximate surface area is 125 Å². The fourth-order valence-electron chi connectivity index (χ4n) is 1.55. The highest BCUT2D eigenvalue weighted by molar-refractivity contribution is 7.14. The normalized spacial score (nSPS) is 10.3. The van der Waals surface area contributed by atoms with Crippen LogP contribution in [-0.4, -0.2) is 24.9 Å². The molecule has 0 unspecified atom stereocenters. The van der Waals surface area contributed by atoms with E-state index in [1.807, 2.05) is 6.07 Å². The number of ether oxygens (including phenoxy) is 2. The molecule has 1 heterocycles. The summed E-state index contributed by atoms with van der Waals surface area (Å²) in [6.45, 7) is -0.0718. The van der Waals surface area contributed by atoms with Crippen molar-refractivity contribution in [3.05, 3.63) is 29.1 Å². The molecule has 0 atom stereocenters. The molecule has 0 saturated carbocycles. The molecule has 8 heteroatoms. The monoisotopic (exact) mass is 303 g/mol. The lowest BCUT2D eigenvalue weighted by atomic mass is 10.2. The standard InChI is InChI=1S/C13H13N5O2S/c1-19-10-4-2-3-9(12(10)20-6-5-14)7-16-18-13-17-11(15)8-21-13/h2-4,7-8H,6,15H2,1H3,(H,17,18). The van der Waals surface area contributed by atoms with Gasteiger partial charge in [0.2, 0.25) is 5.13 Å². The number of hydrogen-bond donors (Lipinski definition) is 2. The molecule has 0 radical (unpaired) electrons. The van der Waals surface area contributed by atoms with Gasteiger partial charge in [-0.3, -0.25) is 5.43 Å². The zero-order valence-electron chi connectivity index (χ0n) is 11.2. The van der Waals surface area contributed by atoms with Crippen molar-refractivity contribution in [2.75, 3.05) is 24.9 Å². The summed E-state index contributed by atoms with van der Waals surface area (Å²) < 4.78 is 10.6. The number of hydrazone groups is 1. The van der Waals surface area contributed by atoms with E-state index in [4.69, 9.17) is 20.5 Å². The fraction of sp³-hybridized carbons (Fsp3) is 0.154. The van der Waals surface area contributed by atoms with Gasteiger partial charge in [0, 0.05) is 10.9 Å². The van der Waals surface area contributed by atoms with Gasteiger partial charge in [-0.2, -0.15) is 10.4 Å². The average Bonchev–Trinajstić information content (AvgIpc) is 2.91. The van der Waals surface area contributed by atoms with Crippen LogP contribution in [0.1, 0.15) is 5.56 Å². The number of benzene rings is 1. The Kier molecular flexibility index (Phi) is 4.95. The van der Waals surface area contributed by atoms with Crippen molar-refractivity contribution in [3.8, 4) is 17.6 Å². The van der Waals surface area contributed by atoms with Gasteiger partial charge in [0.25, 0.3) is 0 Å². The summed E-state index contributed by atoms with van der Waals surface area (Å²) in [5.41, 5.74) is 8.97. The van der Waals surface area contributed by atoms with Gasteiger partial charge in [0.15, 0.2) is 18.1 Å². The Hall–Kier alpha value is -2.79. The zero-order chi connectivity index (χ0) is 15.1. The van der Waals surface area contributed by atoms with Gasteiger partial charge < -0.3 is 15.2 Å². The molecule has 0 bridgehead atoms. The number of aromatic nitrogens is 1. The molecule has 1 aromatic heterocycles. The average molecular weight is 303 g/mol. The summed E-state index contributed by atoms with van der Waals surface area (Å²) in [7, 11) is 1.53. The van der Waals surface area contributed by atoms with Crippen LogP contribution in [0.3, 0.4) is 0 Å². The van der Waals surface area contributed by atoms with Crippen LogP contribution in [0.15, 0.2) is 28.7 Å². The third-order valence-corrected chi connectivity index (χ3v) is 3.16. The van der Waals surface area contributed by atoms with E-state index in [9.17, 15) is 0 Å². The van der Waals surface area contributed by atoms with Crippen LogP contribution in [0, 0.1) is 11.3 Å². The van der Waals surface area contributed by atoms with Crippen LogP contribution >= 0.6 is 11.3 Å². The highest BCUT2D eigenvalue weighted by Gasteiger charge is 2.09. The Morgan fingerprint density at radius 1 is 1.57 bits per heavy atom. The number of nitrogen functional groups attached to an aromatic ring is 1. The van der Waals surface area contributed by atoms with Crippen LogP contribution in [0.25, 0.3) is 0 Å². The maximum Gasteiger partial charge on any atom is 0.205 e. The lowest BCUT2D eigenvalue weighted by Gasteiger charge is -2.10. The number of hydrogen-bond acceptors (Lipinski definition) is 8. The van der Waals surface area contributed by atoms with Crippen molar-refractivity contribution < 1.29 is 9.47 Å². The maximum absolute atomic E-state index is 8.63. The van der Waals surface area contributed by atoms with Crippen LogP contribution in [0.5, 0.6) is 11.5 Å². The number of nitriles is 1. The van der Waals surface area contributed by atoms with Crippen LogP contribution in [0.2, 0.25) is 0 Å². The summed E-state index contributed by atoms with van der Waals surface area (Å²) in [6, 6.07) is 7.28. The van der Waals surface area contributed by atoms with Gasteiger partial charge in [-0.15, -0.1) is 11.3 Å². The summed E-state index contributed by atoms with van der Waals surface area (Å²) in [5, 5.41) is 15.0. The van der Waals surface area contributed by atoms with Crippen LogP contribution in [0.4, 0.5) is 10.9 Å². The van der Waals surface area contributed by atoms with E-state index in [0.29, 0.717) is 28.0 Å². The second-order valence-electron chi connectivity index (χ2n) is 3.77. The van der Waals surface area contributed by atoms with E-state index < -0.39 is 0 Å². The topological polar surface area (TPSA) is 106 Å². The van der Waals surface area contributed by atoms with Gasteiger partial charge in [-0.25, -0.2) is 4.98 Å². The molecule has 0 saturated heterocycles. The van der Waals surface area contributed by atoms with Crippen molar-refractivity contribution in [2.45, 2.75) is 0 Å². The number of anilines is 2. The first-order valence-corrected chi connectivity index (χ1v) is 6.79. The molecule has 0 aliphatic carbocycles. The molecule has 0 fully saturated rings. The SMILES string of the molecule is COc1cccc(C=NNc2nc(N)cs2)c1OCC#N. The first kappa shape index (κ1) is 14.6. The summed E-state index contributed by atoms with van der Waals surface area (Å²) in [4.78, 5) is 4.02. The Balaban J connectivity index is 2.16. The molecular formula is C13H13N5O2S. The van der Waals surface area contributed by atoms with E-state index >= 15 is 0 Å². The van der Waals surface area contributed by atoms with Crippen molar-refractivity contribution in [2.24, 2.45) is 5.10 Å². The van der Waals surface area contributed by atoms with E-state index in [1.54, 1.807) is 29.8 Å². The zero-order valence-corrected chi connectivity index (χ0v) is 12.1. The number of rotatable bonds is 6. The van der Waals surface area contributed by atoms with Crippen molar-refractivity contribution in [1.82, 2.24) is 4.98 Å². The molecule has 0 aliphatic heterocycles. The number of nitrogens with zero attached hydrogens (tertiary/aromatic N) is 3. The smallest absolute Gasteiger partial charge is 0.205 e. The molecule has 21 heavy (non-hydrogen) atoms. The van der Waals surface area contributed by atoms with E-state index in [1.165, 1.54) is 18.4 Å². The quantitative estimate of drug-likeness (QED) is 0.625. The fourth-order valence-corrected chi connectivity index (χ4v) is 2.10. The molecule has 2 aromatic rings. The minimum absolute atomic E-state index is 0.0718. The summed E-state index contributed by atoms with van der Waals surface area (Å²) in [6.07, 6.45) is 1.56. The van der Waals surface area contributed by atoms with Crippen LogP contribution in [-0.2, 0) is 0 Å². The number of nitrogens with two attached hydrogens (primary N) is 1. The molecule has 108 valence electrons. The predicted octanol–water partition coefficient (Wildman–Crippen LogP) is 2.08. The summed E-state index contributed by atoms with van der Waals surface area (Å²) in [5.74, 6) is 1.44. The van der Waals surface area contributed by atoms with Crippen molar-refractivity contribution in [1.29, 1.82) is 5.26 Å². The summed E-state index contributed by atoms with van der Waals surface area (Å²) >= 11 is 1.35. The lowest BCUT2D eigenvalue weighted by Crippen LogP contribution is -2.01.